The van der Waals surface area contributed by atoms with Gasteiger partial charge in [-0.3, -0.25) is 0 Å². The lowest BCUT2D eigenvalue weighted by Gasteiger charge is -2.13. The first-order valence-corrected chi connectivity index (χ1v) is 10.9. The van der Waals surface area contributed by atoms with Gasteiger partial charge in [0.05, 0.1) is 0 Å². The molecule has 0 saturated heterocycles. The third-order valence-electron chi connectivity index (χ3n) is 5.56. The number of hydrogen-bond donors (Lipinski definition) is 0. The van der Waals surface area contributed by atoms with Crippen LogP contribution in [0.4, 0.5) is 4.39 Å². The van der Waals surface area contributed by atoms with Crippen molar-refractivity contribution >= 4 is 12.2 Å². The second-order valence-electron chi connectivity index (χ2n) is 8.07. The van der Waals surface area contributed by atoms with E-state index in [1.54, 1.807) is 12.1 Å². The van der Waals surface area contributed by atoms with Gasteiger partial charge in [-0.15, -0.1) is 0 Å². The summed E-state index contributed by atoms with van der Waals surface area (Å²) in [5.41, 5.74) is 5.86. The van der Waals surface area contributed by atoms with Crippen molar-refractivity contribution in [1.82, 2.24) is 0 Å². The van der Waals surface area contributed by atoms with Gasteiger partial charge < -0.3 is 4.74 Å². The van der Waals surface area contributed by atoms with Gasteiger partial charge in [0.1, 0.15) is 18.2 Å². The quantitative estimate of drug-likeness (QED) is 0.262. The lowest BCUT2D eigenvalue weighted by atomic mass is 9.94. The van der Waals surface area contributed by atoms with E-state index in [1.165, 1.54) is 23.3 Å². The van der Waals surface area contributed by atoms with Gasteiger partial charge in [-0.05, 0) is 64.4 Å². The van der Waals surface area contributed by atoms with E-state index in [-0.39, 0.29) is 5.82 Å². The zero-order valence-corrected chi connectivity index (χ0v) is 18.2. The van der Waals surface area contributed by atoms with E-state index in [0.29, 0.717) is 12.5 Å². The minimum absolute atomic E-state index is 0.220. The summed E-state index contributed by atoms with van der Waals surface area (Å²) in [4.78, 5) is 0. The molecule has 0 radical (unpaired) electrons. The van der Waals surface area contributed by atoms with E-state index >= 15 is 0 Å². The zero-order valence-electron chi connectivity index (χ0n) is 18.2. The molecule has 0 aliphatic carbocycles. The summed E-state index contributed by atoms with van der Waals surface area (Å²) in [6.07, 6.45) is 5.01. The standard InChI is InChI=1S/C30H27FO/c1-23(28-5-3-2-4-6-28)21-26-15-19-30(20-16-26)32-22-27-11-9-24(10-12-27)7-8-25-13-17-29(31)18-14-25/h2-20,23H,21-22H2,1H3/t23-/m0/s1. The molecule has 32 heavy (non-hydrogen) atoms. The fraction of sp³-hybridized carbons (Fsp3) is 0.133. The van der Waals surface area contributed by atoms with Gasteiger partial charge in [0, 0.05) is 0 Å². The van der Waals surface area contributed by atoms with Crippen molar-refractivity contribution in [1.29, 1.82) is 0 Å². The van der Waals surface area contributed by atoms with E-state index < -0.39 is 0 Å². The predicted octanol–water partition coefficient (Wildman–Crippen LogP) is 7.92. The molecule has 160 valence electrons. The van der Waals surface area contributed by atoms with Crippen molar-refractivity contribution in [2.75, 3.05) is 0 Å². The van der Waals surface area contributed by atoms with Crippen LogP contribution in [0.1, 0.15) is 40.7 Å². The van der Waals surface area contributed by atoms with Crippen LogP contribution in [0, 0.1) is 5.82 Å². The number of hydrogen-bond acceptors (Lipinski definition) is 1. The Labute approximate surface area is 189 Å². The molecule has 0 amide bonds. The summed E-state index contributed by atoms with van der Waals surface area (Å²) in [6, 6.07) is 33.7. The SMILES string of the molecule is C[C@@H](Cc1ccc(OCc2ccc(C=Cc3ccc(F)cc3)cc2)cc1)c1ccccc1. The van der Waals surface area contributed by atoms with Crippen molar-refractivity contribution in [3.63, 3.8) is 0 Å². The van der Waals surface area contributed by atoms with Gasteiger partial charge in [-0.25, -0.2) is 4.39 Å². The maximum Gasteiger partial charge on any atom is 0.123 e. The predicted molar refractivity (Wildman–Crippen MR) is 131 cm³/mol. The summed E-state index contributed by atoms with van der Waals surface area (Å²) in [5.74, 6) is 1.14. The Bertz CT molecular complexity index is 1130. The topological polar surface area (TPSA) is 9.23 Å². The Morgan fingerprint density at radius 1 is 0.688 bits per heavy atom. The van der Waals surface area contributed by atoms with Crippen molar-refractivity contribution in [2.24, 2.45) is 0 Å². The lowest BCUT2D eigenvalue weighted by molar-refractivity contribution is 0.306. The number of ether oxygens (including phenoxy) is 1. The molecule has 0 fully saturated rings. The van der Waals surface area contributed by atoms with E-state index in [2.05, 4.69) is 73.7 Å². The van der Waals surface area contributed by atoms with Crippen LogP contribution in [0.3, 0.4) is 0 Å². The first kappa shape index (κ1) is 21.6. The van der Waals surface area contributed by atoms with Crippen LogP contribution in [-0.2, 0) is 13.0 Å². The normalized spacial score (nSPS) is 12.1. The second kappa shape index (κ2) is 10.6. The molecule has 0 N–H and O–H groups in total. The molecule has 4 aromatic rings. The first-order valence-electron chi connectivity index (χ1n) is 10.9. The molecule has 0 aliphatic heterocycles. The van der Waals surface area contributed by atoms with E-state index in [1.807, 2.05) is 24.3 Å². The molecule has 1 atom stereocenters. The molecule has 0 aliphatic rings. The molecule has 4 aromatic carbocycles. The fourth-order valence-corrected chi connectivity index (χ4v) is 3.63. The van der Waals surface area contributed by atoms with Crippen molar-refractivity contribution in [3.05, 3.63) is 137 Å². The van der Waals surface area contributed by atoms with Gasteiger partial charge >= 0.3 is 0 Å². The Balaban J connectivity index is 1.28. The average Bonchev–Trinajstić information content (AvgIpc) is 2.84. The maximum atomic E-state index is 13.0. The molecule has 2 heteroatoms. The maximum absolute atomic E-state index is 13.0. The molecule has 0 bridgehead atoms. The molecule has 0 aromatic heterocycles. The van der Waals surface area contributed by atoms with E-state index in [4.69, 9.17) is 4.74 Å². The molecule has 4 rings (SSSR count). The molecule has 0 saturated carbocycles. The summed E-state index contributed by atoms with van der Waals surface area (Å²) >= 11 is 0. The third-order valence-corrected chi connectivity index (χ3v) is 5.56. The van der Waals surface area contributed by atoms with Gasteiger partial charge in [0.25, 0.3) is 0 Å². The Morgan fingerprint density at radius 3 is 1.88 bits per heavy atom. The molecular weight excluding hydrogens is 395 g/mol. The number of halogens is 1. The summed E-state index contributed by atoms with van der Waals surface area (Å²) in [6.45, 7) is 2.79. The molecule has 0 spiro atoms. The van der Waals surface area contributed by atoms with Crippen molar-refractivity contribution < 1.29 is 9.13 Å². The van der Waals surface area contributed by atoms with Crippen LogP contribution < -0.4 is 4.74 Å². The average molecular weight is 423 g/mol. The fourth-order valence-electron chi connectivity index (χ4n) is 3.63. The van der Waals surface area contributed by atoms with Crippen LogP contribution in [0.25, 0.3) is 12.2 Å². The van der Waals surface area contributed by atoms with Gasteiger partial charge in [-0.2, -0.15) is 0 Å². The van der Waals surface area contributed by atoms with Gasteiger partial charge in [0.15, 0.2) is 0 Å². The van der Waals surface area contributed by atoms with E-state index in [9.17, 15) is 4.39 Å². The third kappa shape index (κ3) is 6.18. The highest BCUT2D eigenvalue weighted by Gasteiger charge is 2.06. The Morgan fingerprint density at radius 2 is 1.25 bits per heavy atom. The van der Waals surface area contributed by atoms with Gasteiger partial charge in [-0.1, -0.05) is 97.9 Å². The zero-order chi connectivity index (χ0) is 22.2. The highest BCUT2D eigenvalue weighted by atomic mass is 19.1. The smallest absolute Gasteiger partial charge is 0.123 e. The summed E-state index contributed by atoms with van der Waals surface area (Å²) in [7, 11) is 0. The number of rotatable bonds is 8. The largest absolute Gasteiger partial charge is 0.489 e. The van der Waals surface area contributed by atoms with Crippen LogP contribution in [-0.4, -0.2) is 0 Å². The highest BCUT2D eigenvalue weighted by Crippen LogP contribution is 2.22. The molecule has 1 nitrogen and oxygen atoms in total. The Hall–Kier alpha value is -3.65. The lowest BCUT2D eigenvalue weighted by Crippen LogP contribution is -1.99. The van der Waals surface area contributed by atoms with Crippen LogP contribution in [0.2, 0.25) is 0 Å². The summed E-state index contributed by atoms with van der Waals surface area (Å²) < 4.78 is 19.0. The summed E-state index contributed by atoms with van der Waals surface area (Å²) in [5, 5.41) is 0. The van der Waals surface area contributed by atoms with Crippen LogP contribution >= 0.6 is 0 Å². The molecule has 0 unspecified atom stereocenters. The van der Waals surface area contributed by atoms with E-state index in [0.717, 1.165) is 28.9 Å². The monoisotopic (exact) mass is 422 g/mol. The molecular formula is C30H27FO. The number of benzene rings is 4. The van der Waals surface area contributed by atoms with Gasteiger partial charge in [0.2, 0.25) is 0 Å². The minimum atomic E-state index is -0.220. The second-order valence-corrected chi connectivity index (χ2v) is 8.07. The van der Waals surface area contributed by atoms with Crippen molar-refractivity contribution in [3.8, 4) is 5.75 Å². The van der Waals surface area contributed by atoms with Crippen molar-refractivity contribution in [2.45, 2.75) is 25.9 Å². The molecule has 0 heterocycles. The van der Waals surface area contributed by atoms with Crippen LogP contribution in [0.15, 0.2) is 103 Å². The first-order chi connectivity index (χ1) is 15.7. The minimum Gasteiger partial charge on any atom is -0.489 e. The van der Waals surface area contributed by atoms with Crippen LogP contribution in [0.5, 0.6) is 5.75 Å². The Kier molecular flexibility index (Phi) is 7.14. The highest BCUT2D eigenvalue weighted by molar-refractivity contribution is 5.69.